The van der Waals surface area contributed by atoms with Crippen molar-refractivity contribution >= 4 is 11.8 Å². The van der Waals surface area contributed by atoms with E-state index in [2.05, 4.69) is 20.3 Å². The average Bonchev–Trinajstić information content (AvgIpc) is 3.34. The van der Waals surface area contributed by atoms with Gasteiger partial charge >= 0.3 is 0 Å². The highest BCUT2D eigenvalue weighted by molar-refractivity contribution is 5.96. The fourth-order valence-electron chi connectivity index (χ4n) is 3.13. The summed E-state index contributed by atoms with van der Waals surface area (Å²) >= 11 is 0. The van der Waals surface area contributed by atoms with E-state index in [0.29, 0.717) is 22.9 Å². The van der Waals surface area contributed by atoms with E-state index in [1.807, 2.05) is 0 Å². The number of benzene rings is 2. The normalized spacial score (nSPS) is 11.5. The van der Waals surface area contributed by atoms with Crippen molar-refractivity contribution in [2.45, 2.75) is 12.5 Å². The van der Waals surface area contributed by atoms with Gasteiger partial charge in [-0.3, -0.25) is 9.59 Å². The van der Waals surface area contributed by atoms with Crippen LogP contribution in [0, 0.1) is 5.82 Å². The summed E-state index contributed by atoms with van der Waals surface area (Å²) in [6.45, 7) is 0. The number of rotatable bonds is 8. The third kappa shape index (κ3) is 5.59. The first-order chi connectivity index (χ1) is 16.0. The first-order valence-corrected chi connectivity index (χ1v) is 10.1. The number of ether oxygens (including phenoxy) is 1. The van der Waals surface area contributed by atoms with Crippen molar-refractivity contribution in [1.82, 2.24) is 20.3 Å². The van der Waals surface area contributed by atoms with Crippen LogP contribution >= 0.6 is 0 Å². The Morgan fingerprint density at radius 1 is 1.03 bits per heavy atom. The maximum Gasteiger partial charge on any atom is 0.270 e. The van der Waals surface area contributed by atoms with Gasteiger partial charge in [-0.2, -0.15) is 0 Å². The first-order valence-electron chi connectivity index (χ1n) is 10.1. The zero-order chi connectivity index (χ0) is 23.2. The van der Waals surface area contributed by atoms with Crippen LogP contribution in [-0.4, -0.2) is 32.8 Å². The maximum atomic E-state index is 13.0. The number of hydrogen-bond acceptors (Lipinski definition) is 5. The predicted octanol–water partition coefficient (Wildman–Crippen LogP) is 3.23. The van der Waals surface area contributed by atoms with Gasteiger partial charge in [-0.25, -0.2) is 14.4 Å². The number of aromatic nitrogens is 3. The van der Waals surface area contributed by atoms with Gasteiger partial charge in [0.05, 0.1) is 12.0 Å². The summed E-state index contributed by atoms with van der Waals surface area (Å²) in [6, 6.07) is 16.9. The second-order valence-corrected chi connectivity index (χ2v) is 7.20. The number of carbonyl (C=O) groups is 2. The zero-order valence-corrected chi connectivity index (χ0v) is 17.4. The molecule has 0 aliphatic carbocycles. The summed E-state index contributed by atoms with van der Waals surface area (Å²) in [4.78, 5) is 35.7. The smallest absolute Gasteiger partial charge is 0.270 e. The van der Waals surface area contributed by atoms with Crippen molar-refractivity contribution in [3.8, 4) is 22.8 Å². The Kier molecular flexibility index (Phi) is 6.40. The number of nitrogens with zero attached hydrogens (tertiary/aromatic N) is 2. The van der Waals surface area contributed by atoms with E-state index in [1.165, 1.54) is 18.5 Å². The topological polar surface area (TPSA) is 123 Å². The van der Waals surface area contributed by atoms with Gasteiger partial charge in [-0.1, -0.05) is 6.07 Å². The van der Waals surface area contributed by atoms with Crippen LogP contribution in [0.25, 0.3) is 11.3 Å². The minimum absolute atomic E-state index is 0.148. The molecule has 2 amide bonds. The van der Waals surface area contributed by atoms with Gasteiger partial charge in [0, 0.05) is 23.9 Å². The Labute approximate surface area is 188 Å². The van der Waals surface area contributed by atoms with Crippen LogP contribution in [0.3, 0.4) is 0 Å². The third-order valence-corrected chi connectivity index (χ3v) is 4.81. The van der Waals surface area contributed by atoms with Crippen molar-refractivity contribution in [1.29, 1.82) is 0 Å². The molecule has 33 heavy (non-hydrogen) atoms. The number of nitrogens with two attached hydrogens (primary N) is 1. The van der Waals surface area contributed by atoms with Gasteiger partial charge < -0.3 is 20.8 Å². The van der Waals surface area contributed by atoms with Crippen LogP contribution in [0.4, 0.5) is 4.39 Å². The van der Waals surface area contributed by atoms with Gasteiger partial charge in [-0.15, -0.1) is 0 Å². The fraction of sp³-hybridized carbons (Fsp3) is 0.0833. The summed E-state index contributed by atoms with van der Waals surface area (Å²) in [6.07, 6.45) is 3.23. The van der Waals surface area contributed by atoms with Gasteiger partial charge in [-0.05, 0) is 60.7 Å². The van der Waals surface area contributed by atoms with Crippen molar-refractivity contribution < 1.29 is 18.7 Å². The van der Waals surface area contributed by atoms with E-state index < -0.39 is 17.9 Å². The minimum Gasteiger partial charge on any atom is -0.457 e. The SMILES string of the molecule is NC(=O)C(Cc1cnc[nH]1)NC(=O)c1cccc(-c2ccc(Oc3ccc(F)cc3)cc2)n1. The standard InChI is InChI=1S/C24H20FN5O3/c25-16-6-10-19(11-7-16)33-18-8-4-15(5-9-18)20-2-1-3-21(29-20)24(32)30-22(23(26)31)12-17-13-27-14-28-17/h1-11,13-14,22H,12H2,(H2,26,31)(H,27,28)(H,30,32). The monoisotopic (exact) mass is 445 g/mol. The van der Waals surface area contributed by atoms with Gasteiger partial charge in [0.1, 0.15) is 29.1 Å². The molecule has 0 fully saturated rings. The first kappa shape index (κ1) is 21.7. The zero-order valence-electron chi connectivity index (χ0n) is 17.4. The molecule has 4 aromatic rings. The molecule has 0 radical (unpaired) electrons. The second-order valence-electron chi connectivity index (χ2n) is 7.20. The highest BCUT2D eigenvalue weighted by Gasteiger charge is 2.21. The number of amides is 2. The summed E-state index contributed by atoms with van der Waals surface area (Å²) < 4.78 is 18.7. The molecule has 0 aliphatic rings. The number of primary amides is 1. The maximum absolute atomic E-state index is 13.0. The average molecular weight is 445 g/mol. The Balaban J connectivity index is 1.45. The van der Waals surface area contributed by atoms with Crippen molar-refractivity contribution in [2.75, 3.05) is 0 Å². The number of aromatic amines is 1. The van der Waals surface area contributed by atoms with E-state index in [-0.39, 0.29) is 17.9 Å². The molecule has 8 nitrogen and oxygen atoms in total. The summed E-state index contributed by atoms with van der Waals surface area (Å²) in [5.74, 6) is -0.430. The summed E-state index contributed by atoms with van der Waals surface area (Å²) in [5, 5.41) is 2.62. The van der Waals surface area contributed by atoms with Crippen molar-refractivity contribution in [3.05, 3.63) is 96.5 Å². The van der Waals surface area contributed by atoms with Crippen LogP contribution in [0.5, 0.6) is 11.5 Å². The molecule has 0 saturated carbocycles. The van der Waals surface area contributed by atoms with Crippen LogP contribution in [0.1, 0.15) is 16.2 Å². The molecular weight excluding hydrogens is 425 g/mol. The van der Waals surface area contributed by atoms with E-state index >= 15 is 0 Å². The molecular formula is C24H20FN5O3. The molecule has 2 aromatic carbocycles. The Morgan fingerprint density at radius 3 is 2.36 bits per heavy atom. The van der Waals surface area contributed by atoms with Crippen molar-refractivity contribution in [2.24, 2.45) is 5.73 Å². The molecule has 0 saturated heterocycles. The molecule has 166 valence electrons. The molecule has 1 unspecified atom stereocenters. The lowest BCUT2D eigenvalue weighted by atomic mass is 10.1. The number of hydrogen-bond donors (Lipinski definition) is 3. The van der Waals surface area contributed by atoms with Gasteiger partial charge in [0.15, 0.2) is 0 Å². The molecule has 0 bridgehead atoms. The summed E-state index contributed by atoms with van der Waals surface area (Å²) in [5.41, 5.74) is 7.59. The van der Waals surface area contributed by atoms with Gasteiger partial charge in [0.25, 0.3) is 5.91 Å². The molecule has 2 aromatic heterocycles. The van der Waals surface area contributed by atoms with E-state index in [0.717, 1.165) is 5.56 Å². The molecule has 2 heterocycles. The van der Waals surface area contributed by atoms with Crippen LogP contribution < -0.4 is 15.8 Å². The van der Waals surface area contributed by atoms with E-state index in [1.54, 1.807) is 60.8 Å². The number of carbonyl (C=O) groups excluding carboxylic acids is 2. The van der Waals surface area contributed by atoms with Crippen molar-refractivity contribution in [3.63, 3.8) is 0 Å². The van der Waals surface area contributed by atoms with Crippen LogP contribution in [-0.2, 0) is 11.2 Å². The Bertz CT molecular complexity index is 1240. The highest BCUT2D eigenvalue weighted by atomic mass is 19.1. The third-order valence-electron chi connectivity index (χ3n) is 4.81. The van der Waals surface area contributed by atoms with Crippen LogP contribution in [0.2, 0.25) is 0 Å². The lowest BCUT2D eigenvalue weighted by Gasteiger charge is -2.14. The number of pyridine rings is 1. The number of H-pyrrole nitrogens is 1. The number of halogens is 1. The molecule has 4 rings (SSSR count). The van der Waals surface area contributed by atoms with E-state index in [4.69, 9.17) is 10.5 Å². The molecule has 0 aliphatic heterocycles. The molecule has 4 N–H and O–H groups in total. The quantitative estimate of drug-likeness (QED) is 0.384. The lowest BCUT2D eigenvalue weighted by molar-refractivity contribution is -0.119. The summed E-state index contributed by atoms with van der Waals surface area (Å²) in [7, 11) is 0. The molecule has 9 heteroatoms. The number of nitrogens with one attached hydrogen (secondary N) is 2. The molecule has 0 spiro atoms. The Hall–Kier alpha value is -4.53. The minimum atomic E-state index is -0.911. The van der Waals surface area contributed by atoms with E-state index in [9.17, 15) is 14.0 Å². The Morgan fingerprint density at radius 2 is 1.73 bits per heavy atom. The fourth-order valence-corrected chi connectivity index (χ4v) is 3.13. The lowest BCUT2D eigenvalue weighted by Crippen LogP contribution is -2.46. The second kappa shape index (κ2) is 9.73. The number of imidazole rings is 1. The largest absolute Gasteiger partial charge is 0.457 e. The van der Waals surface area contributed by atoms with Crippen LogP contribution in [0.15, 0.2) is 79.3 Å². The van der Waals surface area contributed by atoms with Gasteiger partial charge in [0.2, 0.25) is 5.91 Å². The predicted molar refractivity (Wildman–Crippen MR) is 119 cm³/mol. The molecule has 1 atom stereocenters. The highest BCUT2D eigenvalue weighted by Crippen LogP contribution is 2.25.